The predicted molar refractivity (Wildman–Crippen MR) is 116 cm³/mol. The second kappa shape index (κ2) is 8.53. The molecule has 0 saturated carbocycles. The number of hydrogen-bond donors (Lipinski definition) is 1. The Labute approximate surface area is 173 Å². The summed E-state index contributed by atoms with van der Waals surface area (Å²) in [6, 6.07) is 19.9. The van der Waals surface area contributed by atoms with E-state index >= 15 is 0 Å². The quantitative estimate of drug-likeness (QED) is 0.555. The molecule has 0 fully saturated rings. The second-order valence-electron chi connectivity index (χ2n) is 6.84. The number of pyridine rings is 3. The smallest absolute Gasteiger partial charge is 0.261 e. The molecule has 0 aliphatic rings. The van der Waals surface area contributed by atoms with E-state index < -0.39 is 5.91 Å². The van der Waals surface area contributed by atoms with Crippen molar-refractivity contribution in [2.24, 2.45) is 0 Å². The first-order valence-electron chi connectivity index (χ1n) is 9.54. The lowest BCUT2D eigenvalue weighted by molar-refractivity contribution is 0.102. The van der Waals surface area contributed by atoms with Crippen molar-refractivity contribution in [3.8, 4) is 11.3 Å². The molecular formula is C24H20N4O2. The van der Waals surface area contributed by atoms with Gasteiger partial charge in [0, 0.05) is 41.6 Å². The SMILES string of the molecule is Cc1cc(=O)c(C(=O)Nc2ccccc2)c(-c2cccnc2)n1Cc1ccccn1. The van der Waals surface area contributed by atoms with Crippen molar-refractivity contribution in [2.45, 2.75) is 13.5 Å². The molecule has 1 aromatic carbocycles. The molecule has 1 N–H and O–H groups in total. The van der Waals surface area contributed by atoms with Gasteiger partial charge in [-0.2, -0.15) is 0 Å². The van der Waals surface area contributed by atoms with Crippen LogP contribution in [0.4, 0.5) is 5.69 Å². The van der Waals surface area contributed by atoms with Crippen molar-refractivity contribution in [2.75, 3.05) is 5.32 Å². The van der Waals surface area contributed by atoms with Crippen molar-refractivity contribution in [1.29, 1.82) is 0 Å². The van der Waals surface area contributed by atoms with E-state index in [0.29, 0.717) is 23.5 Å². The summed E-state index contributed by atoms with van der Waals surface area (Å²) in [7, 11) is 0. The molecule has 0 unspecified atom stereocenters. The van der Waals surface area contributed by atoms with Gasteiger partial charge in [0.15, 0.2) is 5.43 Å². The number of para-hydroxylation sites is 1. The van der Waals surface area contributed by atoms with Crippen LogP contribution in [0, 0.1) is 6.92 Å². The van der Waals surface area contributed by atoms with E-state index in [1.807, 2.05) is 54.0 Å². The Kier molecular flexibility index (Phi) is 5.48. The number of nitrogens with one attached hydrogen (secondary N) is 1. The molecule has 3 heterocycles. The minimum absolute atomic E-state index is 0.0772. The largest absolute Gasteiger partial charge is 0.338 e. The number of carbonyl (C=O) groups excluding carboxylic acids is 1. The van der Waals surface area contributed by atoms with Gasteiger partial charge in [0.05, 0.1) is 17.9 Å². The van der Waals surface area contributed by atoms with Crippen molar-refractivity contribution in [3.63, 3.8) is 0 Å². The van der Waals surface area contributed by atoms with Crippen LogP contribution in [0.5, 0.6) is 0 Å². The van der Waals surface area contributed by atoms with E-state index in [1.165, 1.54) is 6.07 Å². The molecule has 0 aliphatic heterocycles. The standard InChI is InChI=1S/C24H20N4O2/c1-17-14-21(29)22(24(30)27-19-9-3-2-4-10-19)23(18-8-7-12-25-15-18)28(17)16-20-11-5-6-13-26-20/h2-15H,16H2,1H3,(H,27,30). The van der Waals surface area contributed by atoms with E-state index in [0.717, 1.165) is 11.4 Å². The van der Waals surface area contributed by atoms with Gasteiger partial charge >= 0.3 is 0 Å². The third-order valence-corrected chi connectivity index (χ3v) is 4.76. The Morgan fingerprint density at radius 3 is 2.50 bits per heavy atom. The monoisotopic (exact) mass is 396 g/mol. The normalized spacial score (nSPS) is 10.6. The van der Waals surface area contributed by atoms with Crippen LogP contribution >= 0.6 is 0 Å². The Bertz CT molecular complexity index is 1220. The number of rotatable bonds is 5. The van der Waals surface area contributed by atoms with Crippen LogP contribution in [-0.4, -0.2) is 20.4 Å². The zero-order valence-electron chi connectivity index (χ0n) is 16.4. The van der Waals surface area contributed by atoms with Gasteiger partial charge in [-0.1, -0.05) is 24.3 Å². The molecule has 0 bridgehead atoms. The number of benzene rings is 1. The van der Waals surface area contributed by atoms with E-state index in [-0.39, 0.29) is 11.0 Å². The van der Waals surface area contributed by atoms with Crippen LogP contribution in [0.1, 0.15) is 21.7 Å². The Morgan fingerprint density at radius 2 is 1.80 bits per heavy atom. The van der Waals surface area contributed by atoms with Crippen LogP contribution in [0.15, 0.2) is 90.1 Å². The Hall–Kier alpha value is -4.06. The molecule has 0 radical (unpaired) electrons. The maximum absolute atomic E-state index is 13.2. The summed E-state index contributed by atoms with van der Waals surface area (Å²) in [4.78, 5) is 34.7. The summed E-state index contributed by atoms with van der Waals surface area (Å²) in [5.41, 5.74) is 3.13. The van der Waals surface area contributed by atoms with Crippen molar-refractivity contribution in [3.05, 3.63) is 112 Å². The lowest BCUT2D eigenvalue weighted by Gasteiger charge is -2.20. The number of aryl methyl sites for hydroxylation is 1. The predicted octanol–water partition coefficient (Wildman–Crippen LogP) is 3.91. The van der Waals surface area contributed by atoms with Gasteiger partial charge in [0.2, 0.25) is 0 Å². The number of hydrogen-bond acceptors (Lipinski definition) is 4. The highest BCUT2D eigenvalue weighted by atomic mass is 16.2. The summed E-state index contributed by atoms with van der Waals surface area (Å²) in [6.45, 7) is 2.27. The topological polar surface area (TPSA) is 76.9 Å². The average Bonchev–Trinajstić information content (AvgIpc) is 2.77. The first-order chi connectivity index (χ1) is 14.6. The summed E-state index contributed by atoms with van der Waals surface area (Å²) in [6.07, 6.45) is 5.03. The molecule has 0 saturated heterocycles. The van der Waals surface area contributed by atoms with Crippen LogP contribution < -0.4 is 10.7 Å². The molecule has 4 rings (SSSR count). The van der Waals surface area contributed by atoms with E-state index in [9.17, 15) is 9.59 Å². The third kappa shape index (κ3) is 4.03. The molecule has 0 aliphatic carbocycles. The van der Waals surface area contributed by atoms with E-state index in [2.05, 4.69) is 15.3 Å². The van der Waals surface area contributed by atoms with E-state index in [1.54, 1.807) is 36.8 Å². The van der Waals surface area contributed by atoms with Crippen LogP contribution in [0.3, 0.4) is 0 Å². The summed E-state index contributed by atoms with van der Waals surface area (Å²) in [5.74, 6) is -0.458. The van der Waals surface area contributed by atoms with Crippen LogP contribution in [0.2, 0.25) is 0 Å². The molecular weight excluding hydrogens is 376 g/mol. The lowest BCUT2D eigenvalue weighted by Crippen LogP contribution is -2.27. The van der Waals surface area contributed by atoms with Crippen molar-refractivity contribution in [1.82, 2.24) is 14.5 Å². The van der Waals surface area contributed by atoms with Crippen molar-refractivity contribution >= 4 is 11.6 Å². The number of nitrogens with zero attached hydrogens (tertiary/aromatic N) is 3. The number of aromatic nitrogens is 3. The van der Waals surface area contributed by atoms with E-state index in [4.69, 9.17) is 0 Å². The average molecular weight is 396 g/mol. The summed E-state index contributed by atoms with van der Waals surface area (Å²) in [5, 5.41) is 2.83. The zero-order valence-corrected chi connectivity index (χ0v) is 16.4. The summed E-state index contributed by atoms with van der Waals surface area (Å²) >= 11 is 0. The Balaban J connectivity index is 1.89. The van der Waals surface area contributed by atoms with Gasteiger partial charge in [-0.05, 0) is 43.3 Å². The molecule has 1 amide bonds. The van der Waals surface area contributed by atoms with Gasteiger partial charge in [0.25, 0.3) is 5.91 Å². The fourth-order valence-electron chi connectivity index (χ4n) is 3.36. The first kappa shape index (κ1) is 19.3. The van der Waals surface area contributed by atoms with Gasteiger partial charge in [-0.15, -0.1) is 0 Å². The molecule has 0 atom stereocenters. The molecule has 6 nitrogen and oxygen atoms in total. The van der Waals surface area contributed by atoms with Gasteiger partial charge in [-0.25, -0.2) is 0 Å². The minimum atomic E-state index is -0.458. The second-order valence-corrected chi connectivity index (χ2v) is 6.84. The zero-order chi connectivity index (χ0) is 20.9. The van der Waals surface area contributed by atoms with Gasteiger partial charge < -0.3 is 9.88 Å². The molecule has 0 spiro atoms. The maximum atomic E-state index is 13.2. The molecule has 6 heteroatoms. The highest BCUT2D eigenvalue weighted by Gasteiger charge is 2.22. The molecule has 148 valence electrons. The van der Waals surface area contributed by atoms with Crippen molar-refractivity contribution < 1.29 is 4.79 Å². The molecule has 3 aromatic heterocycles. The highest BCUT2D eigenvalue weighted by molar-refractivity contribution is 6.08. The molecule has 4 aromatic rings. The number of amides is 1. The van der Waals surface area contributed by atoms with Gasteiger partial charge in [0.1, 0.15) is 5.56 Å². The third-order valence-electron chi connectivity index (χ3n) is 4.76. The lowest BCUT2D eigenvalue weighted by atomic mass is 10.0. The fraction of sp³-hybridized carbons (Fsp3) is 0.0833. The van der Waals surface area contributed by atoms with Gasteiger partial charge in [-0.3, -0.25) is 19.6 Å². The fourth-order valence-corrected chi connectivity index (χ4v) is 3.36. The minimum Gasteiger partial charge on any atom is -0.338 e. The first-order valence-corrected chi connectivity index (χ1v) is 9.54. The van der Waals surface area contributed by atoms with Crippen LogP contribution in [-0.2, 0) is 6.54 Å². The number of anilines is 1. The highest BCUT2D eigenvalue weighted by Crippen LogP contribution is 2.24. The summed E-state index contributed by atoms with van der Waals surface area (Å²) < 4.78 is 1.93. The van der Waals surface area contributed by atoms with Crippen LogP contribution in [0.25, 0.3) is 11.3 Å². The maximum Gasteiger partial charge on any atom is 0.261 e. The number of carbonyl (C=O) groups is 1. The Morgan fingerprint density at radius 1 is 1.00 bits per heavy atom. The molecule has 30 heavy (non-hydrogen) atoms.